The number of anilines is 2. The zero-order valence-corrected chi connectivity index (χ0v) is 17.4. The van der Waals surface area contributed by atoms with Gasteiger partial charge in [0, 0.05) is 42.5 Å². The lowest BCUT2D eigenvalue weighted by atomic mass is 10.1. The molecule has 28 heavy (non-hydrogen) atoms. The number of hydrogen-bond acceptors (Lipinski definition) is 6. The van der Waals surface area contributed by atoms with Crippen molar-refractivity contribution in [2.24, 2.45) is 0 Å². The molecule has 0 saturated heterocycles. The van der Waals surface area contributed by atoms with E-state index >= 15 is 0 Å². The minimum atomic E-state index is -3.29. The number of fused-ring (bicyclic) bond motifs is 2. The molecule has 1 N–H and O–H groups in total. The predicted molar refractivity (Wildman–Crippen MR) is 118 cm³/mol. The lowest BCUT2D eigenvalue weighted by Crippen LogP contribution is -2.26. The van der Waals surface area contributed by atoms with Gasteiger partial charge in [-0.15, -0.1) is 0 Å². The Labute approximate surface area is 171 Å². The van der Waals surface area contributed by atoms with Crippen molar-refractivity contribution >= 4 is 44.9 Å². The number of nitrogens with one attached hydrogen (secondary N) is 1. The molecule has 1 aliphatic rings. The summed E-state index contributed by atoms with van der Waals surface area (Å²) < 4.78 is 25.3. The van der Waals surface area contributed by atoms with Gasteiger partial charge in [-0.05, 0) is 30.7 Å². The number of aromatic nitrogens is 1. The van der Waals surface area contributed by atoms with Crippen molar-refractivity contribution < 1.29 is 8.42 Å². The van der Waals surface area contributed by atoms with E-state index in [0.717, 1.165) is 40.3 Å². The second-order valence-corrected chi connectivity index (χ2v) is 9.57. The first-order valence-electron chi connectivity index (χ1n) is 9.30. The Morgan fingerprint density at radius 3 is 2.82 bits per heavy atom. The highest BCUT2D eigenvalue weighted by Gasteiger charge is 2.26. The summed E-state index contributed by atoms with van der Waals surface area (Å²) in [7, 11) is -3.29. The van der Waals surface area contributed by atoms with Gasteiger partial charge >= 0.3 is 0 Å². The SMILES string of the molecule is Cc1ccc2nc(N3CCS(=O)(=O)c4ccccc4C3)cc(NCCS)c2c1. The molecule has 1 aliphatic heterocycles. The Hall–Kier alpha value is -2.25. The van der Waals surface area contributed by atoms with Gasteiger partial charge in [-0.3, -0.25) is 0 Å². The van der Waals surface area contributed by atoms with Gasteiger partial charge in [0.25, 0.3) is 0 Å². The summed E-state index contributed by atoms with van der Waals surface area (Å²) in [6.07, 6.45) is 0. The first-order chi connectivity index (χ1) is 13.5. The molecule has 0 radical (unpaired) electrons. The maximum atomic E-state index is 12.7. The van der Waals surface area contributed by atoms with Crippen LogP contribution in [0.5, 0.6) is 0 Å². The van der Waals surface area contributed by atoms with Gasteiger partial charge in [0.05, 0.1) is 16.2 Å². The monoisotopic (exact) mass is 413 g/mol. The summed E-state index contributed by atoms with van der Waals surface area (Å²) in [4.78, 5) is 7.33. The third-order valence-corrected chi connectivity index (χ3v) is 7.01. The molecule has 1 aromatic heterocycles. The fourth-order valence-electron chi connectivity index (χ4n) is 3.58. The number of pyridine rings is 1. The molecule has 0 unspecified atom stereocenters. The summed E-state index contributed by atoms with van der Waals surface area (Å²) >= 11 is 4.30. The summed E-state index contributed by atoms with van der Waals surface area (Å²) in [5.74, 6) is 1.59. The van der Waals surface area contributed by atoms with Gasteiger partial charge in [0.15, 0.2) is 9.84 Å². The maximum absolute atomic E-state index is 12.7. The third kappa shape index (κ3) is 3.69. The van der Waals surface area contributed by atoms with Crippen LogP contribution < -0.4 is 10.2 Å². The molecule has 146 valence electrons. The minimum Gasteiger partial charge on any atom is -0.384 e. The molecule has 0 atom stereocenters. The molecule has 0 aliphatic carbocycles. The van der Waals surface area contributed by atoms with Crippen LogP contribution in [0.25, 0.3) is 10.9 Å². The molecule has 2 aromatic carbocycles. The molecule has 5 nitrogen and oxygen atoms in total. The highest BCUT2D eigenvalue weighted by Crippen LogP contribution is 2.31. The van der Waals surface area contributed by atoms with E-state index in [-0.39, 0.29) is 5.75 Å². The van der Waals surface area contributed by atoms with Crippen LogP contribution in [0.3, 0.4) is 0 Å². The average molecular weight is 414 g/mol. The minimum absolute atomic E-state index is 0.0804. The van der Waals surface area contributed by atoms with E-state index < -0.39 is 9.84 Å². The fraction of sp³-hybridized carbons (Fsp3) is 0.286. The highest BCUT2D eigenvalue weighted by atomic mass is 32.2. The number of sulfone groups is 1. The maximum Gasteiger partial charge on any atom is 0.180 e. The van der Waals surface area contributed by atoms with E-state index in [9.17, 15) is 8.42 Å². The number of rotatable bonds is 4. The lowest BCUT2D eigenvalue weighted by Gasteiger charge is -2.23. The summed E-state index contributed by atoms with van der Waals surface area (Å²) in [5, 5.41) is 4.50. The van der Waals surface area contributed by atoms with Crippen molar-refractivity contribution in [2.75, 3.05) is 34.8 Å². The molecule has 0 fully saturated rings. The first-order valence-corrected chi connectivity index (χ1v) is 11.6. The quantitative estimate of drug-likeness (QED) is 0.639. The van der Waals surface area contributed by atoms with E-state index in [1.807, 2.05) is 30.3 Å². The summed E-state index contributed by atoms with van der Waals surface area (Å²) in [6, 6.07) is 15.4. The van der Waals surface area contributed by atoms with Crippen LogP contribution in [0.15, 0.2) is 53.4 Å². The van der Waals surface area contributed by atoms with E-state index in [1.54, 1.807) is 12.1 Å². The van der Waals surface area contributed by atoms with Crippen molar-refractivity contribution in [3.63, 3.8) is 0 Å². The Bertz CT molecular complexity index is 1130. The number of aryl methyl sites for hydroxylation is 1. The zero-order chi connectivity index (χ0) is 19.7. The van der Waals surface area contributed by atoms with Crippen LogP contribution in [0, 0.1) is 6.92 Å². The standard InChI is InChI=1S/C21H23N3O2S2/c1-15-6-7-18-17(12-15)19(22-8-10-27)13-21(23-18)24-9-11-28(25,26)20-5-3-2-4-16(20)14-24/h2-7,12-13,27H,8-11,14H2,1H3,(H,22,23). The second kappa shape index (κ2) is 7.64. The number of benzene rings is 2. The Morgan fingerprint density at radius 2 is 2.00 bits per heavy atom. The molecule has 0 spiro atoms. The predicted octanol–water partition coefficient (Wildman–Crippen LogP) is 3.68. The average Bonchev–Trinajstić information content (AvgIpc) is 2.82. The van der Waals surface area contributed by atoms with Crippen LogP contribution in [0.1, 0.15) is 11.1 Å². The second-order valence-electron chi connectivity index (χ2n) is 7.05. The third-order valence-electron chi connectivity index (χ3n) is 5.00. The Morgan fingerprint density at radius 1 is 1.18 bits per heavy atom. The molecule has 2 heterocycles. The lowest BCUT2D eigenvalue weighted by molar-refractivity contribution is 0.596. The van der Waals surface area contributed by atoms with Crippen molar-refractivity contribution in [1.29, 1.82) is 0 Å². The molecule has 0 bridgehead atoms. The van der Waals surface area contributed by atoms with E-state index in [2.05, 4.69) is 35.8 Å². The molecule has 4 rings (SSSR count). The number of thiol groups is 1. The number of nitrogens with zero attached hydrogens (tertiary/aromatic N) is 2. The van der Waals surface area contributed by atoms with Gasteiger partial charge in [0.2, 0.25) is 0 Å². The summed E-state index contributed by atoms with van der Waals surface area (Å²) in [6.45, 7) is 3.73. The molecule has 0 amide bonds. The van der Waals surface area contributed by atoms with Crippen molar-refractivity contribution in [2.45, 2.75) is 18.4 Å². The first kappa shape index (κ1) is 19.1. The van der Waals surface area contributed by atoms with Crippen molar-refractivity contribution in [3.05, 3.63) is 59.7 Å². The largest absolute Gasteiger partial charge is 0.384 e. The van der Waals surface area contributed by atoms with Gasteiger partial charge in [0.1, 0.15) is 5.82 Å². The van der Waals surface area contributed by atoms with Crippen LogP contribution in [-0.2, 0) is 16.4 Å². The van der Waals surface area contributed by atoms with Gasteiger partial charge in [-0.2, -0.15) is 12.6 Å². The number of hydrogen-bond donors (Lipinski definition) is 2. The molecule has 7 heteroatoms. The zero-order valence-electron chi connectivity index (χ0n) is 15.7. The molecule has 3 aromatic rings. The van der Waals surface area contributed by atoms with Crippen LogP contribution in [0.2, 0.25) is 0 Å². The Kier molecular flexibility index (Phi) is 5.21. The molecule has 0 saturated carbocycles. The van der Waals surface area contributed by atoms with Crippen LogP contribution >= 0.6 is 12.6 Å². The fourth-order valence-corrected chi connectivity index (χ4v) is 5.19. The van der Waals surface area contributed by atoms with Crippen LogP contribution in [-0.4, -0.2) is 38.0 Å². The van der Waals surface area contributed by atoms with Crippen molar-refractivity contribution in [1.82, 2.24) is 4.98 Å². The summed E-state index contributed by atoms with van der Waals surface area (Å²) in [5.41, 5.74) is 3.88. The highest BCUT2D eigenvalue weighted by molar-refractivity contribution is 7.91. The van der Waals surface area contributed by atoms with Gasteiger partial charge in [-0.1, -0.05) is 29.8 Å². The topological polar surface area (TPSA) is 62.3 Å². The van der Waals surface area contributed by atoms with Crippen LogP contribution in [0.4, 0.5) is 11.5 Å². The van der Waals surface area contributed by atoms with Gasteiger partial charge < -0.3 is 10.2 Å². The smallest absolute Gasteiger partial charge is 0.180 e. The molecular weight excluding hydrogens is 390 g/mol. The molecular formula is C21H23N3O2S2. The van der Waals surface area contributed by atoms with E-state index in [0.29, 0.717) is 18.0 Å². The Balaban J connectivity index is 1.80. The van der Waals surface area contributed by atoms with Crippen molar-refractivity contribution in [3.8, 4) is 0 Å². The van der Waals surface area contributed by atoms with E-state index in [1.165, 1.54) is 5.56 Å². The van der Waals surface area contributed by atoms with E-state index in [4.69, 9.17) is 4.98 Å². The van der Waals surface area contributed by atoms with Gasteiger partial charge in [-0.25, -0.2) is 13.4 Å². The normalized spacial score (nSPS) is 15.9.